The SMILES string of the molecule is CC(O)C(=O)NCc1cccc(OC(F)F)c1. The first-order chi connectivity index (χ1) is 7.99. The number of aliphatic hydroxyl groups excluding tert-OH is 1. The maximum Gasteiger partial charge on any atom is 0.387 e. The lowest BCUT2D eigenvalue weighted by atomic mass is 10.2. The Hall–Kier alpha value is -1.69. The number of amides is 1. The number of benzene rings is 1. The lowest BCUT2D eigenvalue weighted by Crippen LogP contribution is -2.31. The minimum atomic E-state index is -2.88. The Morgan fingerprint density at radius 1 is 1.53 bits per heavy atom. The number of carbonyl (C=O) groups excluding carboxylic acids is 1. The molecule has 94 valence electrons. The van der Waals surface area contributed by atoms with Crippen molar-refractivity contribution in [2.45, 2.75) is 26.2 Å². The first kappa shape index (κ1) is 13.4. The van der Waals surface area contributed by atoms with Crippen molar-refractivity contribution >= 4 is 5.91 Å². The third-order valence-electron chi connectivity index (χ3n) is 1.97. The van der Waals surface area contributed by atoms with E-state index in [1.165, 1.54) is 19.1 Å². The van der Waals surface area contributed by atoms with E-state index in [4.69, 9.17) is 5.11 Å². The standard InChI is InChI=1S/C11H13F2NO3/c1-7(15)10(16)14-6-8-3-2-4-9(5-8)17-11(12)13/h2-5,7,11,15H,6H2,1H3,(H,14,16). The number of ether oxygens (including phenoxy) is 1. The number of rotatable bonds is 5. The van der Waals surface area contributed by atoms with Crippen LogP contribution in [-0.2, 0) is 11.3 Å². The van der Waals surface area contributed by atoms with Crippen molar-refractivity contribution < 1.29 is 23.4 Å². The van der Waals surface area contributed by atoms with Gasteiger partial charge in [-0.15, -0.1) is 0 Å². The second-order valence-electron chi connectivity index (χ2n) is 3.42. The topological polar surface area (TPSA) is 58.6 Å². The number of aliphatic hydroxyl groups is 1. The van der Waals surface area contributed by atoms with Crippen LogP contribution in [0.5, 0.6) is 5.75 Å². The Kier molecular flexibility index (Phi) is 4.84. The van der Waals surface area contributed by atoms with E-state index in [-0.39, 0.29) is 12.3 Å². The highest BCUT2D eigenvalue weighted by Gasteiger charge is 2.08. The molecule has 0 aliphatic heterocycles. The predicted molar refractivity (Wildman–Crippen MR) is 56.6 cm³/mol. The maximum atomic E-state index is 11.9. The van der Waals surface area contributed by atoms with Crippen molar-refractivity contribution in [3.8, 4) is 5.75 Å². The van der Waals surface area contributed by atoms with Crippen LogP contribution in [0.15, 0.2) is 24.3 Å². The molecule has 0 spiro atoms. The van der Waals surface area contributed by atoms with Gasteiger partial charge in [0.2, 0.25) is 5.91 Å². The quantitative estimate of drug-likeness (QED) is 0.821. The molecule has 1 amide bonds. The molecule has 0 aliphatic carbocycles. The van der Waals surface area contributed by atoms with Crippen LogP contribution in [0.1, 0.15) is 12.5 Å². The minimum absolute atomic E-state index is 0.0313. The minimum Gasteiger partial charge on any atom is -0.435 e. The van der Waals surface area contributed by atoms with Gasteiger partial charge < -0.3 is 15.2 Å². The van der Waals surface area contributed by atoms with Crippen LogP contribution < -0.4 is 10.1 Å². The number of carbonyl (C=O) groups is 1. The summed E-state index contributed by atoms with van der Waals surface area (Å²) in [6, 6.07) is 5.99. The summed E-state index contributed by atoms with van der Waals surface area (Å²) in [4.78, 5) is 11.1. The maximum absolute atomic E-state index is 11.9. The van der Waals surface area contributed by atoms with E-state index < -0.39 is 18.6 Å². The van der Waals surface area contributed by atoms with E-state index in [1.54, 1.807) is 12.1 Å². The van der Waals surface area contributed by atoms with E-state index >= 15 is 0 Å². The second-order valence-corrected chi connectivity index (χ2v) is 3.42. The summed E-state index contributed by atoms with van der Waals surface area (Å²) in [5.74, 6) is -0.492. The molecule has 0 saturated carbocycles. The number of alkyl halides is 2. The van der Waals surface area contributed by atoms with Crippen LogP contribution in [0.4, 0.5) is 8.78 Å². The fourth-order valence-electron chi connectivity index (χ4n) is 1.17. The van der Waals surface area contributed by atoms with Gasteiger partial charge in [-0.3, -0.25) is 4.79 Å². The van der Waals surface area contributed by atoms with E-state index in [9.17, 15) is 13.6 Å². The van der Waals surface area contributed by atoms with Crippen molar-refractivity contribution in [1.29, 1.82) is 0 Å². The molecule has 1 aromatic rings. The smallest absolute Gasteiger partial charge is 0.387 e. The molecule has 1 atom stereocenters. The molecule has 0 saturated heterocycles. The molecule has 0 heterocycles. The fraction of sp³-hybridized carbons (Fsp3) is 0.364. The molecule has 4 nitrogen and oxygen atoms in total. The normalized spacial score (nSPS) is 12.3. The molecule has 2 N–H and O–H groups in total. The molecule has 0 aromatic heterocycles. The lowest BCUT2D eigenvalue weighted by molar-refractivity contribution is -0.128. The first-order valence-electron chi connectivity index (χ1n) is 4.98. The fourth-order valence-corrected chi connectivity index (χ4v) is 1.17. The van der Waals surface area contributed by atoms with E-state index in [0.717, 1.165) is 0 Å². The van der Waals surface area contributed by atoms with E-state index in [2.05, 4.69) is 10.1 Å². The Morgan fingerprint density at radius 2 is 2.24 bits per heavy atom. The molecule has 0 aliphatic rings. The molecular formula is C11H13F2NO3. The Bertz CT molecular complexity index is 383. The van der Waals surface area contributed by atoms with Gasteiger partial charge in [-0.2, -0.15) is 8.78 Å². The van der Waals surface area contributed by atoms with Crippen molar-refractivity contribution in [3.05, 3.63) is 29.8 Å². The zero-order valence-electron chi connectivity index (χ0n) is 9.19. The summed E-state index contributed by atoms with van der Waals surface area (Å²) >= 11 is 0. The van der Waals surface area contributed by atoms with E-state index in [0.29, 0.717) is 5.56 Å². The highest BCUT2D eigenvalue weighted by molar-refractivity contribution is 5.79. The van der Waals surface area contributed by atoms with Gasteiger partial charge in [0.25, 0.3) is 0 Å². The summed E-state index contributed by atoms with van der Waals surface area (Å²) in [7, 11) is 0. The number of hydrogen-bond acceptors (Lipinski definition) is 3. The zero-order chi connectivity index (χ0) is 12.8. The molecule has 6 heteroatoms. The van der Waals surface area contributed by atoms with Crippen LogP contribution >= 0.6 is 0 Å². The van der Waals surface area contributed by atoms with Gasteiger partial charge in [0.15, 0.2) is 0 Å². The number of halogens is 2. The van der Waals surface area contributed by atoms with E-state index in [1.807, 2.05) is 0 Å². The van der Waals surface area contributed by atoms with Crippen LogP contribution in [0, 0.1) is 0 Å². The van der Waals surface area contributed by atoms with Crippen molar-refractivity contribution in [2.75, 3.05) is 0 Å². The van der Waals surface area contributed by atoms with Gasteiger partial charge in [-0.05, 0) is 24.6 Å². The monoisotopic (exact) mass is 245 g/mol. The average molecular weight is 245 g/mol. The number of nitrogens with one attached hydrogen (secondary N) is 1. The average Bonchev–Trinajstić information content (AvgIpc) is 2.25. The number of hydrogen-bond donors (Lipinski definition) is 2. The van der Waals surface area contributed by atoms with Gasteiger partial charge in [0, 0.05) is 6.54 Å². The highest BCUT2D eigenvalue weighted by atomic mass is 19.3. The predicted octanol–water partition coefficient (Wildman–Crippen LogP) is 1.28. The Balaban J connectivity index is 2.57. The highest BCUT2D eigenvalue weighted by Crippen LogP contribution is 2.15. The van der Waals surface area contributed by atoms with Gasteiger partial charge in [-0.25, -0.2) is 0 Å². The molecule has 1 unspecified atom stereocenters. The molecule has 1 rings (SSSR count). The van der Waals surface area contributed by atoms with Crippen LogP contribution in [0.25, 0.3) is 0 Å². The molecule has 17 heavy (non-hydrogen) atoms. The first-order valence-corrected chi connectivity index (χ1v) is 4.98. The zero-order valence-corrected chi connectivity index (χ0v) is 9.19. The van der Waals surface area contributed by atoms with Gasteiger partial charge in [0.1, 0.15) is 11.9 Å². The second kappa shape index (κ2) is 6.15. The van der Waals surface area contributed by atoms with Gasteiger partial charge >= 0.3 is 6.61 Å². The Morgan fingerprint density at radius 3 is 2.82 bits per heavy atom. The molecule has 0 bridgehead atoms. The van der Waals surface area contributed by atoms with Crippen LogP contribution in [0.3, 0.4) is 0 Å². The van der Waals surface area contributed by atoms with Crippen molar-refractivity contribution in [3.63, 3.8) is 0 Å². The third kappa shape index (κ3) is 4.78. The molecular weight excluding hydrogens is 232 g/mol. The summed E-state index contributed by atoms with van der Waals surface area (Å²) in [5.41, 5.74) is 0.608. The summed E-state index contributed by atoms with van der Waals surface area (Å²) in [5, 5.41) is 11.4. The van der Waals surface area contributed by atoms with Crippen molar-refractivity contribution in [1.82, 2.24) is 5.32 Å². The molecule has 0 fully saturated rings. The summed E-state index contributed by atoms with van der Waals surface area (Å²) in [6.45, 7) is -1.40. The molecule has 0 radical (unpaired) electrons. The lowest BCUT2D eigenvalue weighted by Gasteiger charge is -2.09. The summed E-state index contributed by atoms with van der Waals surface area (Å²) in [6.07, 6.45) is -1.10. The van der Waals surface area contributed by atoms with Crippen molar-refractivity contribution in [2.24, 2.45) is 0 Å². The van der Waals surface area contributed by atoms with Crippen LogP contribution in [-0.4, -0.2) is 23.7 Å². The van der Waals surface area contributed by atoms with Gasteiger partial charge in [-0.1, -0.05) is 12.1 Å². The summed E-state index contributed by atoms with van der Waals surface area (Å²) < 4.78 is 28.1. The third-order valence-corrected chi connectivity index (χ3v) is 1.97. The molecule has 1 aromatic carbocycles. The van der Waals surface area contributed by atoms with Crippen LogP contribution in [0.2, 0.25) is 0 Å². The van der Waals surface area contributed by atoms with Gasteiger partial charge in [0.05, 0.1) is 0 Å². The Labute approximate surface area is 97.2 Å². The largest absolute Gasteiger partial charge is 0.435 e.